The number of hydrogen-bond acceptors (Lipinski definition) is 4. The van der Waals surface area contributed by atoms with Crippen LogP contribution in [0.4, 0.5) is 0 Å². The van der Waals surface area contributed by atoms with Crippen LogP contribution in [0.15, 0.2) is 34.1 Å². The van der Waals surface area contributed by atoms with Crippen molar-refractivity contribution < 1.29 is 16.8 Å². The average molecular weight is 339 g/mol. The van der Waals surface area contributed by atoms with Gasteiger partial charge in [0.25, 0.3) is 0 Å². The van der Waals surface area contributed by atoms with Crippen LogP contribution in [0.1, 0.15) is 26.7 Å². The van der Waals surface area contributed by atoms with Gasteiger partial charge in [-0.25, -0.2) is 16.8 Å². The zero-order chi connectivity index (χ0) is 15.4. The quantitative estimate of drug-likeness (QED) is 0.717. The lowest BCUT2D eigenvalue weighted by molar-refractivity contribution is 0.580. The first-order valence-corrected chi connectivity index (χ1v) is 10.1. The van der Waals surface area contributed by atoms with Crippen LogP contribution in [0.25, 0.3) is 0 Å². The predicted molar refractivity (Wildman–Crippen MR) is 80.8 cm³/mol. The minimum absolute atomic E-state index is 0.0573. The highest BCUT2D eigenvalue weighted by atomic mass is 35.5. The predicted octanol–water partition coefficient (Wildman–Crippen LogP) is 2.66. The van der Waals surface area contributed by atoms with Crippen LogP contribution in [-0.4, -0.2) is 33.7 Å². The number of sulfone groups is 2. The van der Waals surface area contributed by atoms with Crippen LogP contribution in [0.2, 0.25) is 0 Å². The molecule has 0 bridgehead atoms. The van der Waals surface area contributed by atoms with E-state index >= 15 is 0 Å². The highest BCUT2D eigenvalue weighted by molar-refractivity contribution is 7.92. The van der Waals surface area contributed by atoms with E-state index in [-0.39, 0.29) is 21.4 Å². The van der Waals surface area contributed by atoms with Gasteiger partial charge in [0.2, 0.25) is 0 Å². The Bertz CT molecular complexity index is 633. The van der Waals surface area contributed by atoms with Crippen LogP contribution >= 0.6 is 11.6 Å². The standard InChI is InChI=1S/C13H19ClO4S2/c1-3-10-19(15,16)12-4-6-13(7-5-12)20(17,18)11(2)8-9-14/h4-7,11H,3,8-10H2,1-2H3. The van der Waals surface area contributed by atoms with E-state index in [9.17, 15) is 16.8 Å². The van der Waals surface area contributed by atoms with E-state index in [1.165, 1.54) is 24.3 Å². The normalized spacial score (nSPS) is 14.2. The average Bonchev–Trinajstić information content (AvgIpc) is 2.39. The third-order valence-electron chi connectivity index (χ3n) is 3.03. The Morgan fingerprint density at radius 1 is 1.05 bits per heavy atom. The molecule has 1 aromatic rings. The third kappa shape index (κ3) is 3.96. The molecule has 1 atom stereocenters. The summed E-state index contributed by atoms with van der Waals surface area (Å²) in [5.74, 6) is 0.325. The monoisotopic (exact) mass is 338 g/mol. The Morgan fingerprint density at radius 2 is 1.55 bits per heavy atom. The van der Waals surface area contributed by atoms with Crippen LogP contribution in [0.5, 0.6) is 0 Å². The fourth-order valence-electron chi connectivity index (χ4n) is 1.76. The van der Waals surface area contributed by atoms with Gasteiger partial charge in [-0.3, -0.25) is 0 Å². The summed E-state index contributed by atoms with van der Waals surface area (Å²) in [5, 5.41) is -0.585. The summed E-state index contributed by atoms with van der Waals surface area (Å²) in [6, 6.07) is 5.40. The molecule has 1 rings (SSSR count). The van der Waals surface area contributed by atoms with Gasteiger partial charge in [0.05, 0.1) is 20.8 Å². The second kappa shape index (κ2) is 6.91. The number of benzene rings is 1. The van der Waals surface area contributed by atoms with Gasteiger partial charge in [-0.15, -0.1) is 11.6 Å². The van der Waals surface area contributed by atoms with Gasteiger partial charge in [-0.1, -0.05) is 6.92 Å². The Labute approximate surface area is 126 Å². The van der Waals surface area contributed by atoms with Crippen molar-refractivity contribution in [2.24, 2.45) is 0 Å². The number of rotatable bonds is 7. The molecule has 1 aromatic carbocycles. The van der Waals surface area contributed by atoms with Crippen molar-refractivity contribution in [2.75, 3.05) is 11.6 Å². The minimum Gasteiger partial charge on any atom is -0.224 e. The topological polar surface area (TPSA) is 68.3 Å². The van der Waals surface area contributed by atoms with Crippen molar-refractivity contribution >= 4 is 31.3 Å². The molecule has 0 heterocycles. The molecule has 4 nitrogen and oxygen atoms in total. The summed E-state index contributed by atoms with van der Waals surface area (Å²) in [6.07, 6.45) is 0.884. The van der Waals surface area contributed by atoms with Crippen molar-refractivity contribution in [3.63, 3.8) is 0 Å². The Hall–Kier alpha value is -0.590. The van der Waals surface area contributed by atoms with Gasteiger partial charge >= 0.3 is 0 Å². The molecule has 0 spiro atoms. The lowest BCUT2D eigenvalue weighted by atomic mass is 10.4. The zero-order valence-electron chi connectivity index (χ0n) is 11.5. The summed E-state index contributed by atoms with van der Waals surface area (Å²) in [6.45, 7) is 3.38. The first kappa shape index (κ1) is 17.5. The van der Waals surface area contributed by atoms with E-state index in [4.69, 9.17) is 11.6 Å². The van der Waals surface area contributed by atoms with Gasteiger partial charge < -0.3 is 0 Å². The number of alkyl halides is 1. The summed E-state index contributed by atoms with van der Waals surface area (Å²) < 4.78 is 48.1. The molecule has 0 radical (unpaired) electrons. The molecule has 1 unspecified atom stereocenters. The van der Waals surface area contributed by atoms with E-state index in [0.717, 1.165) is 0 Å². The van der Waals surface area contributed by atoms with Crippen molar-refractivity contribution in [1.29, 1.82) is 0 Å². The first-order valence-electron chi connectivity index (χ1n) is 6.38. The molecule has 0 aliphatic carbocycles. The maximum atomic E-state index is 12.2. The highest BCUT2D eigenvalue weighted by Gasteiger charge is 2.23. The fourth-order valence-corrected chi connectivity index (χ4v) is 4.95. The zero-order valence-corrected chi connectivity index (χ0v) is 13.9. The van der Waals surface area contributed by atoms with Crippen LogP contribution in [-0.2, 0) is 19.7 Å². The van der Waals surface area contributed by atoms with E-state index < -0.39 is 24.9 Å². The molecule has 7 heteroatoms. The van der Waals surface area contributed by atoms with Crippen molar-refractivity contribution in [2.45, 2.75) is 41.7 Å². The Kier molecular flexibility index (Phi) is 6.04. The van der Waals surface area contributed by atoms with Crippen molar-refractivity contribution in [3.05, 3.63) is 24.3 Å². The minimum atomic E-state index is -3.45. The maximum Gasteiger partial charge on any atom is 0.180 e. The maximum absolute atomic E-state index is 12.2. The van der Waals surface area contributed by atoms with Crippen LogP contribution in [0.3, 0.4) is 0 Å². The van der Waals surface area contributed by atoms with E-state index in [1.54, 1.807) is 13.8 Å². The molecule has 0 N–H and O–H groups in total. The third-order valence-corrected chi connectivity index (χ3v) is 7.41. The summed E-state index contributed by atoms with van der Waals surface area (Å²) in [4.78, 5) is 0.286. The molecular formula is C13H19ClO4S2. The van der Waals surface area contributed by atoms with Gasteiger partial charge in [0.15, 0.2) is 19.7 Å². The van der Waals surface area contributed by atoms with Crippen molar-refractivity contribution in [1.82, 2.24) is 0 Å². The fraction of sp³-hybridized carbons (Fsp3) is 0.538. The molecule has 114 valence electrons. The Balaban J connectivity index is 3.09. The summed E-state index contributed by atoms with van der Waals surface area (Å²) in [7, 11) is -6.77. The molecular weight excluding hydrogens is 320 g/mol. The molecule has 0 aliphatic heterocycles. The van der Waals surface area contributed by atoms with Crippen LogP contribution in [0, 0.1) is 0 Å². The van der Waals surface area contributed by atoms with Gasteiger partial charge in [-0.2, -0.15) is 0 Å². The number of hydrogen-bond donors (Lipinski definition) is 0. The van der Waals surface area contributed by atoms with E-state index in [2.05, 4.69) is 0 Å². The summed E-state index contributed by atoms with van der Waals surface area (Å²) in [5.41, 5.74) is 0. The van der Waals surface area contributed by atoms with E-state index in [0.29, 0.717) is 12.8 Å². The summed E-state index contributed by atoms with van der Waals surface area (Å²) >= 11 is 5.57. The van der Waals surface area contributed by atoms with Crippen molar-refractivity contribution in [3.8, 4) is 0 Å². The molecule has 0 aromatic heterocycles. The van der Waals surface area contributed by atoms with Gasteiger partial charge in [0.1, 0.15) is 0 Å². The first-order chi connectivity index (χ1) is 9.25. The number of halogens is 1. The van der Waals surface area contributed by atoms with E-state index in [1.807, 2.05) is 0 Å². The SMILES string of the molecule is CCCS(=O)(=O)c1ccc(S(=O)(=O)C(C)CCCl)cc1. The Morgan fingerprint density at radius 3 is 2.00 bits per heavy atom. The van der Waals surface area contributed by atoms with Crippen LogP contribution < -0.4 is 0 Å². The molecule has 0 amide bonds. The highest BCUT2D eigenvalue weighted by Crippen LogP contribution is 2.21. The lowest BCUT2D eigenvalue weighted by Gasteiger charge is -2.12. The van der Waals surface area contributed by atoms with Gasteiger partial charge in [-0.05, 0) is 44.0 Å². The molecule has 20 heavy (non-hydrogen) atoms. The largest absolute Gasteiger partial charge is 0.224 e. The molecule has 0 aliphatic rings. The molecule has 0 saturated heterocycles. The lowest BCUT2D eigenvalue weighted by Crippen LogP contribution is -2.18. The second-order valence-electron chi connectivity index (χ2n) is 4.62. The molecule has 0 saturated carbocycles. The second-order valence-corrected chi connectivity index (χ2v) is 9.48. The molecule has 0 fully saturated rings. The smallest absolute Gasteiger partial charge is 0.180 e. The van der Waals surface area contributed by atoms with Gasteiger partial charge in [0, 0.05) is 5.88 Å².